The second-order valence-corrected chi connectivity index (χ2v) is 5.05. The van der Waals surface area contributed by atoms with Crippen LogP contribution >= 0.6 is 0 Å². The summed E-state index contributed by atoms with van der Waals surface area (Å²) < 4.78 is 7.31. The molecule has 6 nitrogen and oxygen atoms in total. The summed E-state index contributed by atoms with van der Waals surface area (Å²) in [5, 5.41) is 8.88. The summed E-state index contributed by atoms with van der Waals surface area (Å²) in [4.78, 5) is 17.5. The molecular formula is C15H17N3O3. The molecule has 1 N–H and O–H groups in total. The van der Waals surface area contributed by atoms with E-state index in [-0.39, 0.29) is 6.04 Å². The molecule has 2 aromatic heterocycles. The van der Waals surface area contributed by atoms with E-state index in [1.54, 1.807) is 6.08 Å². The number of hydrogen-bond donors (Lipinski definition) is 1. The molecule has 1 saturated heterocycles. The Hall–Kier alpha value is -2.34. The van der Waals surface area contributed by atoms with Gasteiger partial charge in [-0.2, -0.15) is 0 Å². The minimum atomic E-state index is -0.973. The number of carbonyl (C=O) groups is 1. The second-order valence-electron chi connectivity index (χ2n) is 5.05. The first-order valence-electron chi connectivity index (χ1n) is 6.85. The number of hydrogen-bond acceptors (Lipinski definition) is 4. The molecule has 0 bridgehead atoms. The minimum Gasteiger partial charge on any atom is -0.478 e. The Balaban J connectivity index is 2.07. The lowest BCUT2D eigenvalue weighted by Gasteiger charge is -2.23. The Kier molecular flexibility index (Phi) is 3.62. The third-order valence-corrected chi connectivity index (χ3v) is 3.72. The van der Waals surface area contributed by atoms with Gasteiger partial charge in [0.05, 0.1) is 18.3 Å². The van der Waals surface area contributed by atoms with Crippen molar-refractivity contribution in [3.05, 3.63) is 36.2 Å². The van der Waals surface area contributed by atoms with Crippen molar-refractivity contribution >= 4 is 23.5 Å². The first kappa shape index (κ1) is 13.6. The van der Waals surface area contributed by atoms with Crippen LogP contribution in [0.15, 0.2) is 30.5 Å². The first-order valence-corrected chi connectivity index (χ1v) is 6.85. The average molecular weight is 287 g/mol. The smallest absolute Gasteiger partial charge is 0.328 e. The molecule has 21 heavy (non-hydrogen) atoms. The van der Waals surface area contributed by atoms with Gasteiger partial charge in [0.1, 0.15) is 5.65 Å². The highest BCUT2D eigenvalue weighted by Gasteiger charge is 2.24. The molecule has 0 radical (unpaired) electrons. The molecule has 110 valence electrons. The minimum absolute atomic E-state index is 0.270. The van der Waals surface area contributed by atoms with E-state index in [0.717, 1.165) is 36.3 Å². The predicted octanol–water partition coefficient (Wildman–Crippen LogP) is 1.66. The number of rotatable bonds is 4. The zero-order valence-electron chi connectivity index (χ0n) is 11.8. The summed E-state index contributed by atoms with van der Waals surface area (Å²) >= 11 is 0. The fourth-order valence-corrected chi connectivity index (χ4v) is 2.57. The van der Waals surface area contributed by atoms with E-state index >= 15 is 0 Å². The highest BCUT2D eigenvalue weighted by molar-refractivity contribution is 5.86. The molecule has 6 heteroatoms. The van der Waals surface area contributed by atoms with E-state index < -0.39 is 5.97 Å². The van der Waals surface area contributed by atoms with Crippen molar-refractivity contribution in [1.82, 2.24) is 9.38 Å². The van der Waals surface area contributed by atoms with Gasteiger partial charge in [-0.3, -0.25) is 4.40 Å². The molecule has 3 rings (SSSR count). The molecule has 1 aliphatic heterocycles. The number of anilines is 1. The molecule has 1 atom stereocenters. The fraction of sp³-hybridized carbons (Fsp3) is 0.333. The molecule has 1 fully saturated rings. The molecule has 3 heterocycles. The molecule has 0 aliphatic carbocycles. The van der Waals surface area contributed by atoms with Gasteiger partial charge in [0.2, 0.25) is 0 Å². The van der Waals surface area contributed by atoms with E-state index in [1.165, 1.54) is 0 Å². The lowest BCUT2D eigenvalue weighted by molar-refractivity contribution is -0.131. The van der Waals surface area contributed by atoms with Crippen molar-refractivity contribution in [3.63, 3.8) is 0 Å². The van der Waals surface area contributed by atoms with Gasteiger partial charge >= 0.3 is 5.97 Å². The number of carboxylic acids is 1. The van der Waals surface area contributed by atoms with E-state index in [4.69, 9.17) is 9.84 Å². The van der Waals surface area contributed by atoms with Gasteiger partial charge in [-0.05, 0) is 24.6 Å². The Bertz CT molecular complexity index is 687. The van der Waals surface area contributed by atoms with E-state index in [9.17, 15) is 4.79 Å². The van der Waals surface area contributed by atoms with Gasteiger partial charge in [0.25, 0.3) is 0 Å². The van der Waals surface area contributed by atoms with Crippen molar-refractivity contribution in [2.45, 2.75) is 12.5 Å². The van der Waals surface area contributed by atoms with Crippen molar-refractivity contribution in [2.75, 3.05) is 25.2 Å². The van der Waals surface area contributed by atoms with Gasteiger partial charge in [-0.1, -0.05) is 6.07 Å². The Morgan fingerprint density at radius 2 is 2.43 bits per heavy atom. The Morgan fingerprint density at radius 1 is 1.57 bits per heavy atom. The van der Waals surface area contributed by atoms with Crippen molar-refractivity contribution in [3.8, 4) is 0 Å². The number of nitrogens with zero attached hydrogens (tertiary/aromatic N) is 3. The van der Waals surface area contributed by atoms with E-state index in [2.05, 4.69) is 9.88 Å². The normalized spacial score (nSPS) is 18.6. The third kappa shape index (κ3) is 2.62. The van der Waals surface area contributed by atoms with Crippen LogP contribution in [-0.2, 0) is 9.53 Å². The van der Waals surface area contributed by atoms with Crippen LogP contribution in [0.3, 0.4) is 0 Å². The van der Waals surface area contributed by atoms with Crippen LogP contribution in [0.1, 0.15) is 12.1 Å². The van der Waals surface area contributed by atoms with Gasteiger partial charge in [-0.15, -0.1) is 0 Å². The highest BCUT2D eigenvalue weighted by atomic mass is 16.5. The van der Waals surface area contributed by atoms with Crippen molar-refractivity contribution in [1.29, 1.82) is 0 Å². The number of carboxylic acid groups (broad SMARTS) is 1. The number of ether oxygens (including phenoxy) is 1. The maximum atomic E-state index is 10.8. The van der Waals surface area contributed by atoms with Crippen LogP contribution in [0.2, 0.25) is 0 Å². The summed E-state index contributed by atoms with van der Waals surface area (Å²) in [6, 6.07) is 5.98. The Morgan fingerprint density at radius 3 is 3.14 bits per heavy atom. The number of imidazole rings is 1. The maximum absolute atomic E-state index is 10.8. The zero-order valence-corrected chi connectivity index (χ0v) is 11.8. The molecule has 0 saturated carbocycles. The van der Waals surface area contributed by atoms with Crippen LogP contribution in [-0.4, -0.2) is 46.8 Å². The van der Waals surface area contributed by atoms with E-state index in [0.29, 0.717) is 6.61 Å². The van der Waals surface area contributed by atoms with Gasteiger partial charge in [0.15, 0.2) is 5.82 Å². The molecule has 0 amide bonds. The topological polar surface area (TPSA) is 67.1 Å². The predicted molar refractivity (Wildman–Crippen MR) is 79.5 cm³/mol. The maximum Gasteiger partial charge on any atom is 0.328 e. The number of pyridine rings is 1. The SMILES string of the molecule is CN(c1nc2ccccn2c1/C=C/C(=O)O)C1CCOC1. The number of aliphatic carboxylic acids is 1. The summed E-state index contributed by atoms with van der Waals surface area (Å²) in [7, 11) is 1.97. The van der Waals surface area contributed by atoms with Crippen LogP contribution in [0, 0.1) is 0 Å². The van der Waals surface area contributed by atoms with Crippen LogP contribution < -0.4 is 4.90 Å². The van der Waals surface area contributed by atoms with Crippen LogP contribution in [0.4, 0.5) is 5.82 Å². The number of aromatic nitrogens is 2. The summed E-state index contributed by atoms with van der Waals surface area (Å²) in [6.45, 7) is 1.43. The van der Waals surface area contributed by atoms with Crippen LogP contribution in [0.5, 0.6) is 0 Å². The quantitative estimate of drug-likeness (QED) is 0.866. The molecule has 1 unspecified atom stereocenters. The van der Waals surface area contributed by atoms with Gasteiger partial charge in [-0.25, -0.2) is 9.78 Å². The first-order chi connectivity index (χ1) is 10.2. The standard InChI is InChI=1S/C15H17N3O3/c1-17(11-7-9-21-10-11)15-12(5-6-14(19)20)18-8-3-2-4-13(18)16-15/h2-6,8,11H,7,9-10H2,1H3,(H,19,20)/b6-5+. The van der Waals surface area contributed by atoms with E-state index in [1.807, 2.05) is 35.8 Å². The zero-order chi connectivity index (χ0) is 14.8. The molecule has 1 aliphatic rings. The number of fused-ring (bicyclic) bond motifs is 1. The number of likely N-dealkylation sites (N-methyl/N-ethyl adjacent to an activating group) is 1. The van der Waals surface area contributed by atoms with Gasteiger partial charge in [0, 0.05) is 25.9 Å². The Labute approximate surface area is 122 Å². The lowest BCUT2D eigenvalue weighted by atomic mass is 10.2. The highest BCUT2D eigenvalue weighted by Crippen LogP contribution is 2.26. The van der Waals surface area contributed by atoms with Crippen molar-refractivity contribution in [2.24, 2.45) is 0 Å². The average Bonchev–Trinajstić information content (AvgIpc) is 3.12. The molecule has 0 spiro atoms. The molecule has 2 aromatic rings. The summed E-state index contributed by atoms with van der Waals surface area (Å²) in [5.41, 5.74) is 1.56. The summed E-state index contributed by atoms with van der Waals surface area (Å²) in [5.74, 6) is -0.201. The fourth-order valence-electron chi connectivity index (χ4n) is 2.57. The van der Waals surface area contributed by atoms with Crippen molar-refractivity contribution < 1.29 is 14.6 Å². The molecule has 0 aromatic carbocycles. The largest absolute Gasteiger partial charge is 0.478 e. The monoisotopic (exact) mass is 287 g/mol. The third-order valence-electron chi connectivity index (χ3n) is 3.72. The molecular weight excluding hydrogens is 270 g/mol. The van der Waals surface area contributed by atoms with Gasteiger partial charge < -0.3 is 14.7 Å². The lowest BCUT2D eigenvalue weighted by Crippen LogP contribution is -2.32. The summed E-state index contributed by atoms with van der Waals surface area (Å²) in [6.07, 6.45) is 5.56. The van der Waals surface area contributed by atoms with Crippen LogP contribution in [0.25, 0.3) is 11.7 Å². The second kappa shape index (κ2) is 5.57.